The zero-order valence-corrected chi connectivity index (χ0v) is 13.5. The van der Waals surface area contributed by atoms with Crippen molar-refractivity contribution in [3.8, 4) is 0 Å². The van der Waals surface area contributed by atoms with Crippen molar-refractivity contribution in [1.29, 1.82) is 0 Å². The van der Waals surface area contributed by atoms with Crippen LogP contribution in [0.1, 0.15) is 39.9 Å². The van der Waals surface area contributed by atoms with Crippen molar-refractivity contribution in [1.82, 2.24) is 20.6 Å². The van der Waals surface area contributed by atoms with E-state index in [0.29, 0.717) is 12.0 Å². The van der Waals surface area contributed by atoms with Crippen LogP contribution in [0.3, 0.4) is 0 Å². The summed E-state index contributed by atoms with van der Waals surface area (Å²) in [7, 11) is 0. The Balaban J connectivity index is 2.72. The third-order valence-corrected chi connectivity index (χ3v) is 4.11. The first-order chi connectivity index (χ1) is 10.6. The van der Waals surface area contributed by atoms with Crippen LogP contribution in [0.5, 0.6) is 0 Å². The molecule has 0 aliphatic heterocycles. The second-order valence-corrected chi connectivity index (χ2v) is 6.94. The first-order valence-electron chi connectivity index (χ1n) is 7.23. The highest BCUT2D eigenvalue weighted by molar-refractivity contribution is 5.94. The van der Waals surface area contributed by atoms with Crippen LogP contribution in [0.2, 0.25) is 0 Å². The summed E-state index contributed by atoms with van der Waals surface area (Å²) in [6, 6.07) is 0. The lowest BCUT2D eigenvalue weighted by atomic mass is 9.61. The fourth-order valence-corrected chi connectivity index (χ4v) is 3.11. The van der Waals surface area contributed by atoms with E-state index >= 15 is 0 Å². The molecular weight excluding hydrogens is 300 g/mol. The third kappa shape index (κ3) is 2.76. The van der Waals surface area contributed by atoms with Crippen molar-refractivity contribution in [2.45, 2.75) is 39.5 Å². The van der Waals surface area contributed by atoms with Gasteiger partial charge in [-0.1, -0.05) is 39.8 Å². The van der Waals surface area contributed by atoms with Crippen LogP contribution in [0.4, 0.5) is 0 Å². The molecule has 2 unspecified atom stereocenters. The van der Waals surface area contributed by atoms with E-state index < -0.39 is 23.3 Å². The minimum Gasteiger partial charge on any atom is -0.480 e. The standard InChI is InChI=1S/C15H20N4O4/c1-8-10(11(20)21)6-5-9(7-14(2,3)4)15(8,13(22)23)12-16-18-19-17-12/h5-6,8H,7H2,1-4H3,(H,20,21)(H,22,23)(H,16,17,18,19). The average molecular weight is 320 g/mol. The molecule has 0 fully saturated rings. The van der Waals surface area contributed by atoms with Gasteiger partial charge >= 0.3 is 11.9 Å². The Hall–Kier alpha value is -2.51. The SMILES string of the molecule is CC1C(C(=O)O)=CC=C(CC(C)(C)C)C1(C(=O)O)c1nnn[nH]1. The van der Waals surface area contributed by atoms with Crippen LogP contribution in [-0.4, -0.2) is 42.8 Å². The summed E-state index contributed by atoms with van der Waals surface area (Å²) in [6.45, 7) is 7.53. The van der Waals surface area contributed by atoms with E-state index in [0.717, 1.165) is 0 Å². The number of aromatic nitrogens is 4. The Labute approximate surface area is 133 Å². The molecule has 1 heterocycles. The van der Waals surface area contributed by atoms with Gasteiger partial charge in [-0.15, -0.1) is 5.10 Å². The number of allylic oxidation sites excluding steroid dienone is 2. The van der Waals surface area contributed by atoms with Crippen molar-refractivity contribution >= 4 is 11.9 Å². The van der Waals surface area contributed by atoms with Gasteiger partial charge in [0, 0.05) is 11.5 Å². The van der Waals surface area contributed by atoms with E-state index in [4.69, 9.17) is 0 Å². The minimum atomic E-state index is -1.63. The van der Waals surface area contributed by atoms with E-state index in [1.165, 1.54) is 6.08 Å². The van der Waals surface area contributed by atoms with Crippen LogP contribution >= 0.6 is 0 Å². The van der Waals surface area contributed by atoms with Gasteiger partial charge in [-0.2, -0.15) is 0 Å². The molecule has 124 valence electrons. The predicted octanol–water partition coefficient (Wildman–Crippen LogP) is 1.55. The molecule has 0 amide bonds. The summed E-state index contributed by atoms with van der Waals surface area (Å²) in [5, 5.41) is 32.7. The highest BCUT2D eigenvalue weighted by Gasteiger charge is 2.55. The summed E-state index contributed by atoms with van der Waals surface area (Å²) < 4.78 is 0. The number of tetrazole rings is 1. The smallest absolute Gasteiger partial charge is 0.331 e. The van der Waals surface area contributed by atoms with Crippen molar-refractivity contribution in [2.24, 2.45) is 11.3 Å². The lowest BCUT2D eigenvalue weighted by Crippen LogP contribution is -2.48. The summed E-state index contributed by atoms with van der Waals surface area (Å²) in [5.41, 5.74) is -1.22. The third-order valence-electron chi connectivity index (χ3n) is 4.11. The Bertz CT molecular complexity index is 685. The molecule has 8 heteroatoms. The number of rotatable bonds is 4. The molecule has 0 aromatic carbocycles. The summed E-state index contributed by atoms with van der Waals surface area (Å²) in [5.74, 6) is -3.11. The predicted molar refractivity (Wildman–Crippen MR) is 80.5 cm³/mol. The van der Waals surface area contributed by atoms with E-state index in [-0.39, 0.29) is 16.8 Å². The fraction of sp³-hybridized carbons (Fsp3) is 0.533. The number of hydrogen-bond acceptors (Lipinski definition) is 5. The minimum absolute atomic E-state index is 0.0152. The Morgan fingerprint density at radius 1 is 1.30 bits per heavy atom. The maximum Gasteiger partial charge on any atom is 0.331 e. The van der Waals surface area contributed by atoms with Crippen molar-refractivity contribution in [2.75, 3.05) is 0 Å². The van der Waals surface area contributed by atoms with Gasteiger partial charge in [-0.3, -0.25) is 4.79 Å². The molecule has 0 bridgehead atoms. The topological polar surface area (TPSA) is 129 Å². The highest BCUT2D eigenvalue weighted by Crippen LogP contribution is 2.47. The molecule has 0 radical (unpaired) electrons. The summed E-state index contributed by atoms with van der Waals surface area (Å²) in [4.78, 5) is 23.8. The number of nitrogens with one attached hydrogen (secondary N) is 1. The Kier molecular flexibility index (Phi) is 4.10. The van der Waals surface area contributed by atoms with Crippen LogP contribution in [0, 0.1) is 11.3 Å². The zero-order chi connectivity index (χ0) is 17.4. The number of carboxylic acids is 2. The number of aromatic amines is 1. The highest BCUT2D eigenvalue weighted by atomic mass is 16.4. The maximum atomic E-state index is 12.3. The lowest BCUT2D eigenvalue weighted by molar-refractivity contribution is -0.144. The van der Waals surface area contributed by atoms with Crippen LogP contribution in [0.25, 0.3) is 0 Å². The maximum absolute atomic E-state index is 12.3. The Morgan fingerprint density at radius 3 is 2.39 bits per heavy atom. The molecule has 1 aliphatic carbocycles. The van der Waals surface area contributed by atoms with Crippen LogP contribution in [-0.2, 0) is 15.0 Å². The molecule has 0 saturated carbocycles. The van der Waals surface area contributed by atoms with Crippen molar-refractivity contribution in [3.63, 3.8) is 0 Å². The van der Waals surface area contributed by atoms with Gasteiger partial charge in [0.1, 0.15) is 0 Å². The molecule has 3 N–H and O–H groups in total. The molecule has 0 spiro atoms. The number of aliphatic carboxylic acids is 2. The summed E-state index contributed by atoms with van der Waals surface area (Å²) in [6.07, 6.45) is 3.51. The molecule has 1 aromatic heterocycles. The molecule has 2 atom stereocenters. The normalized spacial score (nSPS) is 24.8. The molecule has 2 rings (SSSR count). The van der Waals surface area contributed by atoms with E-state index in [9.17, 15) is 19.8 Å². The molecule has 23 heavy (non-hydrogen) atoms. The molecule has 8 nitrogen and oxygen atoms in total. The molecular formula is C15H20N4O4. The first kappa shape index (κ1) is 16.9. The lowest BCUT2D eigenvalue weighted by Gasteiger charge is -2.39. The van der Waals surface area contributed by atoms with Gasteiger partial charge in [0.25, 0.3) is 0 Å². The number of nitrogens with zero attached hydrogens (tertiary/aromatic N) is 3. The molecule has 1 aliphatic rings. The van der Waals surface area contributed by atoms with Gasteiger partial charge in [0.05, 0.1) is 0 Å². The van der Waals surface area contributed by atoms with Gasteiger partial charge in [-0.25, -0.2) is 9.89 Å². The van der Waals surface area contributed by atoms with Crippen molar-refractivity contribution < 1.29 is 19.8 Å². The zero-order valence-electron chi connectivity index (χ0n) is 13.5. The van der Waals surface area contributed by atoms with Gasteiger partial charge in [0.2, 0.25) is 0 Å². The van der Waals surface area contributed by atoms with E-state index in [1.54, 1.807) is 13.0 Å². The van der Waals surface area contributed by atoms with Gasteiger partial charge < -0.3 is 10.2 Å². The number of carbonyl (C=O) groups is 2. The second-order valence-electron chi connectivity index (χ2n) is 6.94. The Morgan fingerprint density at radius 2 is 1.96 bits per heavy atom. The van der Waals surface area contributed by atoms with Crippen LogP contribution in [0.15, 0.2) is 23.3 Å². The first-order valence-corrected chi connectivity index (χ1v) is 7.23. The average Bonchev–Trinajstić information content (AvgIpc) is 2.90. The van der Waals surface area contributed by atoms with Gasteiger partial charge in [-0.05, 0) is 27.8 Å². The summed E-state index contributed by atoms with van der Waals surface area (Å²) >= 11 is 0. The number of H-pyrrole nitrogens is 1. The quantitative estimate of drug-likeness (QED) is 0.767. The molecule has 0 saturated heterocycles. The van der Waals surface area contributed by atoms with E-state index in [2.05, 4.69) is 20.6 Å². The van der Waals surface area contributed by atoms with Crippen LogP contribution < -0.4 is 0 Å². The number of hydrogen-bond donors (Lipinski definition) is 3. The van der Waals surface area contributed by atoms with Crippen molar-refractivity contribution in [3.05, 3.63) is 29.1 Å². The fourth-order valence-electron chi connectivity index (χ4n) is 3.11. The second kappa shape index (κ2) is 5.60. The van der Waals surface area contributed by atoms with Gasteiger partial charge in [0.15, 0.2) is 11.2 Å². The monoisotopic (exact) mass is 320 g/mol. The van der Waals surface area contributed by atoms with E-state index in [1.807, 2.05) is 20.8 Å². The largest absolute Gasteiger partial charge is 0.480 e. The number of carboxylic acid groups (broad SMARTS) is 2. The molecule has 1 aromatic rings.